The van der Waals surface area contributed by atoms with Gasteiger partial charge in [-0.05, 0) is 68.1 Å². The quantitative estimate of drug-likeness (QED) is 0.144. The number of hydrazone groups is 1. The molecule has 0 aliphatic heterocycles. The van der Waals surface area contributed by atoms with Gasteiger partial charge in [-0.15, -0.1) is 5.10 Å². The predicted octanol–water partition coefficient (Wildman–Crippen LogP) is 3.47. The van der Waals surface area contributed by atoms with Crippen LogP contribution < -0.4 is 24.6 Å². The maximum absolute atomic E-state index is 12.6. The monoisotopic (exact) mass is 517 g/mol. The van der Waals surface area contributed by atoms with Gasteiger partial charge in [-0.3, -0.25) is 4.79 Å². The third kappa shape index (κ3) is 6.28. The predicted molar refractivity (Wildman–Crippen MR) is 140 cm³/mol. The lowest BCUT2D eigenvalue weighted by Gasteiger charge is -2.13. The van der Waals surface area contributed by atoms with E-state index in [1.54, 1.807) is 19.1 Å². The van der Waals surface area contributed by atoms with Gasteiger partial charge in [0.2, 0.25) is 0 Å². The third-order valence-corrected chi connectivity index (χ3v) is 6.33. The number of H-pyrrole nitrogens is 1. The van der Waals surface area contributed by atoms with Crippen LogP contribution in [0, 0.1) is 0 Å². The zero-order valence-electron chi connectivity index (χ0n) is 20.7. The van der Waals surface area contributed by atoms with Crippen molar-refractivity contribution >= 4 is 23.4 Å². The van der Waals surface area contributed by atoms with Crippen molar-refractivity contribution in [2.75, 3.05) is 19.5 Å². The molecule has 0 radical (unpaired) electrons. The first-order chi connectivity index (χ1) is 18.0. The first-order valence-corrected chi connectivity index (χ1v) is 12.6. The standard InChI is InChI=1S/C27H27N5O4S/c1-4-36-22-13-11-21(12-14-22)32-26(19-8-6-5-7-9-19)30-31-27(32)37-17-25(34)29-28-18(2)20-10-15-23(33)24(16-20)35-3/h5-16H,4,17H2,1-3H3,(H2,28,29,33,34). The number of ether oxygens (including phenoxy) is 2. The molecule has 4 aromatic rings. The lowest BCUT2D eigenvalue weighted by atomic mass is 10.1. The van der Waals surface area contributed by atoms with Crippen LogP contribution in [-0.2, 0) is 4.79 Å². The van der Waals surface area contributed by atoms with E-state index < -0.39 is 0 Å². The SMILES string of the molecule is CCOc1ccc(-[n+]2c(SCC(=O)NN=C(C)c3ccc([O-])c(OC)c3)n[nH]c2-c2ccccc2)cc1. The summed E-state index contributed by atoms with van der Waals surface area (Å²) >= 11 is 1.28. The molecule has 0 fully saturated rings. The van der Waals surface area contributed by atoms with Gasteiger partial charge >= 0.3 is 5.16 Å². The number of nitrogens with one attached hydrogen (secondary N) is 2. The molecule has 3 aromatic carbocycles. The van der Waals surface area contributed by atoms with E-state index >= 15 is 0 Å². The van der Waals surface area contributed by atoms with Crippen molar-refractivity contribution in [3.8, 4) is 34.3 Å². The number of aromatic nitrogens is 3. The van der Waals surface area contributed by atoms with Crippen molar-refractivity contribution in [3.05, 3.63) is 78.4 Å². The van der Waals surface area contributed by atoms with Gasteiger partial charge in [0.05, 0.1) is 35.8 Å². The number of nitrogens with zero attached hydrogens (tertiary/aromatic N) is 3. The fourth-order valence-electron chi connectivity index (χ4n) is 3.55. The maximum Gasteiger partial charge on any atom is 0.342 e. The highest BCUT2D eigenvalue weighted by atomic mass is 32.2. The number of hydrogen-bond donors (Lipinski definition) is 2. The average Bonchev–Trinajstić information content (AvgIpc) is 3.36. The molecule has 4 rings (SSSR count). The minimum Gasteiger partial charge on any atom is -0.870 e. The number of amides is 1. The van der Waals surface area contributed by atoms with Gasteiger partial charge < -0.3 is 14.6 Å². The van der Waals surface area contributed by atoms with Gasteiger partial charge in [-0.25, -0.2) is 5.43 Å². The number of methoxy groups -OCH3 is 1. The van der Waals surface area contributed by atoms with Crippen molar-refractivity contribution in [2.45, 2.75) is 19.0 Å². The van der Waals surface area contributed by atoms with Crippen LogP contribution in [0.15, 0.2) is 83.1 Å². The summed E-state index contributed by atoms with van der Waals surface area (Å²) in [5.74, 6) is 1.38. The Morgan fingerprint density at radius 1 is 1.14 bits per heavy atom. The first-order valence-electron chi connectivity index (χ1n) is 11.6. The number of carbonyl (C=O) groups is 1. The summed E-state index contributed by atoms with van der Waals surface area (Å²) in [7, 11) is 1.43. The van der Waals surface area contributed by atoms with Crippen molar-refractivity contribution < 1.29 is 23.9 Å². The van der Waals surface area contributed by atoms with E-state index in [9.17, 15) is 9.90 Å². The molecule has 10 heteroatoms. The Bertz CT molecular complexity index is 1390. The summed E-state index contributed by atoms with van der Waals surface area (Å²) in [6, 6.07) is 22.2. The van der Waals surface area contributed by atoms with E-state index in [1.807, 2.05) is 66.1 Å². The van der Waals surface area contributed by atoms with Gasteiger partial charge in [0, 0.05) is 5.56 Å². The molecule has 1 heterocycles. The normalized spacial score (nSPS) is 11.3. The number of rotatable bonds is 10. The Kier molecular flexibility index (Phi) is 8.42. The summed E-state index contributed by atoms with van der Waals surface area (Å²) in [6.45, 7) is 4.27. The van der Waals surface area contributed by atoms with E-state index in [4.69, 9.17) is 9.47 Å². The van der Waals surface area contributed by atoms with Crippen molar-refractivity contribution in [2.24, 2.45) is 5.10 Å². The second-order valence-corrected chi connectivity index (χ2v) is 8.81. The minimum absolute atomic E-state index is 0.0930. The highest BCUT2D eigenvalue weighted by Crippen LogP contribution is 2.24. The molecule has 37 heavy (non-hydrogen) atoms. The van der Waals surface area contributed by atoms with Crippen LogP contribution in [0.1, 0.15) is 19.4 Å². The summed E-state index contributed by atoms with van der Waals surface area (Å²) in [5, 5.41) is 24.1. The highest BCUT2D eigenvalue weighted by Gasteiger charge is 2.24. The molecule has 190 valence electrons. The van der Waals surface area contributed by atoms with Crippen molar-refractivity contribution in [3.63, 3.8) is 0 Å². The average molecular weight is 518 g/mol. The zero-order chi connectivity index (χ0) is 26.2. The van der Waals surface area contributed by atoms with E-state index in [0.717, 1.165) is 22.8 Å². The van der Waals surface area contributed by atoms with Gasteiger partial charge in [0.1, 0.15) is 17.2 Å². The van der Waals surface area contributed by atoms with Crippen LogP contribution >= 0.6 is 11.8 Å². The van der Waals surface area contributed by atoms with Gasteiger partial charge in [0.25, 0.3) is 11.7 Å². The summed E-state index contributed by atoms with van der Waals surface area (Å²) < 4.78 is 12.6. The molecule has 0 bridgehead atoms. The van der Waals surface area contributed by atoms with Crippen LogP contribution in [0.25, 0.3) is 17.1 Å². The number of carbonyl (C=O) groups excluding carboxylic acids is 1. The molecule has 0 aliphatic carbocycles. The zero-order valence-corrected chi connectivity index (χ0v) is 21.5. The lowest BCUT2D eigenvalue weighted by Crippen LogP contribution is -2.34. The molecule has 1 amide bonds. The van der Waals surface area contributed by atoms with E-state index in [-0.39, 0.29) is 23.2 Å². The van der Waals surface area contributed by atoms with E-state index in [2.05, 4.69) is 20.7 Å². The summed E-state index contributed by atoms with van der Waals surface area (Å²) in [4.78, 5) is 12.6. The largest absolute Gasteiger partial charge is 0.870 e. The minimum atomic E-state index is -0.292. The van der Waals surface area contributed by atoms with Crippen LogP contribution in [0.2, 0.25) is 0 Å². The summed E-state index contributed by atoms with van der Waals surface area (Å²) in [5.41, 5.74) is 5.63. The van der Waals surface area contributed by atoms with E-state index in [1.165, 1.54) is 24.9 Å². The van der Waals surface area contributed by atoms with Gasteiger partial charge in [-0.1, -0.05) is 36.1 Å². The summed E-state index contributed by atoms with van der Waals surface area (Å²) in [6.07, 6.45) is 0. The van der Waals surface area contributed by atoms with Crippen LogP contribution in [0.3, 0.4) is 0 Å². The Hall–Kier alpha value is -4.31. The Morgan fingerprint density at radius 3 is 2.59 bits per heavy atom. The topological polar surface area (TPSA) is 116 Å². The smallest absolute Gasteiger partial charge is 0.342 e. The maximum atomic E-state index is 12.6. The molecule has 1 aromatic heterocycles. The molecule has 9 nitrogen and oxygen atoms in total. The fraction of sp³-hybridized carbons (Fsp3) is 0.185. The molecule has 0 saturated carbocycles. The Morgan fingerprint density at radius 2 is 1.89 bits per heavy atom. The molecule has 0 spiro atoms. The molecular weight excluding hydrogens is 490 g/mol. The van der Waals surface area contributed by atoms with Crippen LogP contribution in [0.4, 0.5) is 0 Å². The Balaban J connectivity index is 1.51. The second kappa shape index (κ2) is 12.1. The molecule has 0 unspecified atom stereocenters. The second-order valence-electron chi connectivity index (χ2n) is 7.87. The molecule has 2 N–H and O–H groups in total. The fourth-order valence-corrected chi connectivity index (χ4v) is 4.31. The van der Waals surface area contributed by atoms with Gasteiger partial charge in [-0.2, -0.15) is 9.67 Å². The molecule has 0 atom stereocenters. The lowest BCUT2D eigenvalue weighted by molar-refractivity contribution is -0.625. The number of hydrogen-bond acceptors (Lipinski definition) is 7. The number of benzene rings is 3. The Labute approximate surface area is 219 Å². The third-order valence-electron chi connectivity index (χ3n) is 5.39. The van der Waals surface area contributed by atoms with Crippen molar-refractivity contribution in [1.82, 2.24) is 15.6 Å². The van der Waals surface area contributed by atoms with Crippen molar-refractivity contribution in [1.29, 1.82) is 0 Å². The van der Waals surface area contributed by atoms with Crippen LogP contribution in [0.5, 0.6) is 17.2 Å². The van der Waals surface area contributed by atoms with E-state index in [0.29, 0.717) is 23.0 Å². The molecular formula is C27H27N5O4S. The number of aromatic amines is 1. The van der Waals surface area contributed by atoms with Crippen LogP contribution in [-0.4, -0.2) is 41.3 Å². The highest BCUT2D eigenvalue weighted by molar-refractivity contribution is 7.99. The molecule has 0 aliphatic rings. The molecule has 0 saturated heterocycles. The first kappa shape index (κ1) is 25.8. The number of thioether (sulfide) groups is 1. The van der Waals surface area contributed by atoms with Gasteiger partial charge in [0.15, 0.2) is 0 Å².